The van der Waals surface area contributed by atoms with Crippen LogP contribution in [0.4, 0.5) is 24.0 Å². The molecule has 7 nitrogen and oxygen atoms in total. The highest BCUT2D eigenvalue weighted by Gasteiger charge is 2.54. The van der Waals surface area contributed by atoms with E-state index in [1.165, 1.54) is 11.6 Å². The second-order valence-electron chi connectivity index (χ2n) is 11.2. The van der Waals surface area contributed by atoms with Crippen LogP contribution in [0.5, 0.6) is 0 Å². The summed E-state index contributed by atoms with van der Waals surface area (Å²) in [5, 5.41) is 0. The number of fused-ring (bicyclic) bond motifs is 1. The molecule has 0 N–H and O–H groups in total. The lowest BCUT2D eigenvalue weighted by Crippen LogP contribution is -2.65. The van der Waals surface area contributed by atoms with Crippen molar-refractivity contribution in [1.29, 1.82) is 0 Å². The maximum absolute atomic E-state index is 13.1. The lowest BCUT2D eigenvalue weighted by molar-refractivity contribution is -0.138. The fourth-order valence-corrected chi connectivity index (χ4v) is 6.37. The number of halogens is 3. The van der Waals surface area contributed by atoms with E-state index >= 15 is 0 Å². The Bertz CT molecular complexity index is 1300. The number of carbonyl (C=O) groups excluding carboxylic acids is 1. The molecule has 1 amide bonds. The quantitative estimate of drug-likeness (QED) is 0.443. The van der Waals surface area contributed by atoms with Gasteiger partial charge in [-0.05, 0) is 50.5 Å². The Balaban J connectivity index is 1.02. The smallest absolute Gasteiger partial charge is 0.416 e. The number of hydrogen-bond donors (Lipinski definition) is 0. The third-order valence-electron chi connectivity index (χ3n) is 8.06. The number of likely N-dealkylation sites (tertiary alicyclic amines) is 1. The average Bonchev–Trinajstić information content (AvgIpc) is 3.24. The molecule has 2 aromatic carbocycles. The summed E-state index contributed by atoms with van der Waals surface area (Å²) in [6.45, 7) is 7.79. The topological polar surface area (TPSA) is 62.1 Å². The van der Waals surface area contributed by atoms with Crippen molar-refractivity contribution in [2.75, 3.05) is 31.1 Å². The van der Waals surface area contributed by atoms with Gasteiger partial charge in [0, 0.05) is 38.1 Å². The van der Waals surface area contributed by atoms with E-state index in [-0.39, 0.29) is 41.3 Å². The molecule has 0 bridgehead atoms. The monoisotopic (exact) mass is 528 g/mol. The van der Waals surface area contributed by atoms with Crippen LogP contribution in [0.25, 0.3) is 11.1 Å². The summed E-state index contributed by atoms with van der Waals surface area (Å²) in [6, 6.07) is 13.6. The van der Waals surface area contributed by atoms with E-state index in [0.717, 1.165) is 44.6 Å². The highest BCUT2D eigenvalue weighted by atomic mass is 19.4. The van der Waals surface area contributed by atoms with E-state index in [0.29, 0.717) is 18.6 Å². The number of carbonyl (C=O) groups is 1. The van der Waals surface area contributed by atoms with Crippen molar-refractivity contribution in [1.82, 2.24) is 14.8 Å². The lowest BCUT2D eigenvalue weighted by Gasteiger charge is -2.58. The highest BCUT2D eigenvalue weighted by Crippen LogP contribution is 2.50. The minimum Gasteiger partial charge on any atom is -0.446 e. The SMILES string of the molecule is C[C@@H]1CN(c2nc3ccc(C(F)(F)F)cc3o2)C[C@H](C)N1C(=O)OC1CC2(C1)CN(Cc1ccccc1)C2. The Morgan fingerprint density at radius 3 is 2.42 bits per heavy atom. The van der Waals surface area contributed by atoms with Gasteiger partial charge in [-0.2, -0.15) is 18.2 Å². The molecule has 3 heterocycles. The molecule has 38 heavy (non-hydrogen) atoms. The van der Waals surface area contributed by atoms with Crippen molar-refractivity contribution in [3.05, 3.63) is 59.7 Å². The number of anilines is 1. The van der Waals surface area contributed by atoms with Crippen LogP contribution in [0.3, 0.4) is 0 Å². The molecule has 1 aromatic heterocycles. The molecule has 0 radical (unpaired) electrons. The zero-order chi connectivity index (χ0) is 26.7. The van der Waals surface area contributed by atoms with E-state index in [1.54, 1.807) is 4.90 Å². The van der Waals surface area contributed by atoms with Crippen molar-refractivity contribution < 1.29 is 27.1 Å². The molecule has 6 rings (SSSR count). The molecule has 202 valence electrons. The number of ether oxygens (including phenoxy) is 1. The van der Waals surface area contributed by atoms with Crippen molar-refractivity contribution in [2.45, 2.75) is 57.6 Å². The predicted octanol–water partition coefficient (Wildman–Crippen LogP) is 5.55. The zero-order valence-electron chi connectivity index (χ0n) is 21.4. The van der Waals surface area contributed by atoms with Gasteiger partial charge in [0.15, 0.2) is 5.58 Å². The average molecular weight is 529 g/mol. The van der Waals surface area contributed by atoms with Crippen LogP contribution in [0.2, 0.25) is 0 Å². The van der Waals surface area contributed by atoms with Gasteiger partial charge in [0.05, 0.1) is 17.6 Å². The normalized spacial score (nSPS) is 23.9. The van der Waals surface area contributed by atoms with Crippen LogP contribution in [0.1, 0.15) is 37.8 Å². The van der Waals surface area contributed by atoms with Crippen LogP contribution in [0.15, 0.2) is 52.9 Å². The fraction of sp³-hybridized carbons (Fsp3) is 0.500. The van der Waals surface area contributed by atoms with E-state index in [4.69, 9.17) is 9.15 Å². The summed E-state index contributed by atoms with van der Waals surface area (Å²) in [4.78, 5) is 23.5. The van der Waals surface area contributed by atoms with Crippen molar-refractivity contribution >= 4 is 23.2 Å². The van der Waals surface area contributed by atoms with E-state index < -0.39 is 11.7 Å². The molecule has 1 aliphatic carbocycles. The number of rotatable bonds is 4. The zero-order valence-corrected chi connectivity index (χ0v) is 21.4. The van der Waals surface area contributed by atoms with Crippen LogP contribution in [-0.4, -0.2) is 65.2 Å². The van der Waals surface area contributed by atoms with Gasteiger partial charge in [0.25, 0.3) is 6.01 Å². The molecule has 1 spiro atoms. The third-order valence-corrected chi connectivity index (χ3v) is 8.06. The van der Waals surface area contributed by atoms with Crippen LogP contribution in [-0.2, 0) is 17.5 Å². The number of amides is 1. The maximum Gasteiger partial charge on any atom is 0.416 e. The lowest BCUT2D eigenvalue weighted by atomic mass is 9.61. The van der Waals surface area contributed by atoms with Crippen LogP contribution in [0, 0.1) is 5.41 Å². The van der Waals surface area contributed by atoms with Gasteiger partial charge >= 0.3 is 12.3 Å². The van der Waals surface area contributed by atoms with Crippen molar-refractivity contribution in [2.24, 2.45) is 5.41 Å². The number of aromatic nitrogens is 1. The second-order valence-corrected chi connectivity index (χ2v) is 11.2. The molecule has 2 aliphatic heterocycles. The van der Waals surface area contributed by atoms with E-state index in [1.807, 2.05) is 24.8 Å². The molecule has 1 saturated carbocycles. The van der Waals surface area contributed by atoms with Crippen molar-refractivity contribution in [3.8, 4) is 0 Å². The third kappa shape index (κ3) is 4.70. The summed E-state index contributed by atoms with van der Waals surface area (Å²) < 4.78 is 50.8. The first-order valence-electron chi connectivity index (χ1n) is 13.1. The Morgan fingerprint density at radius 2 is 1.76 bits per heavy atom. The Morgan fingerprint density at radius 1 is 1.08 bits per heavy atom. The largest absolute Gasteiger partial charge is 0.446 e. The van der Waals surface area contributed by atoms with E-state index in [2.05, 4.69) is 34.1 Å². The van der Waals surface area contributed by atoms with E-state index in [9.17, 15) is 18.0 Å². The summed E-state index contributed by atoms with van der Waals surface area (Å²) in [6.07, 6.45) is -3.02. The molecule has 10 heteroatoms. The first-order chi connectivity index (χ1) is 18.1. The number of piperazine rings is 1. The van der Waals surface area contributed by atoms with Gasteiger partial charge in [0.1, 0.15) is 11.6 Å². The highest BCUT2D eigenvalue weighted by molar-refractivity contribution is 5.76. The summed E-state index contributed by atoms with van der Waals surface area (Å²) in [5.74, 6) is 0. The Kier molecular flexibility index (Phi) is 6.05. The van der Waals surface area contributed by atoms with Crippen LogP contribution >= 0.6 is 0 Å². The number of hydrogen-bond acceptors (Lipinski definition) is 6. The summed E-state index contributed by atoms with van der Waals surface area (Å²) >= 11 is 0. The molecule has 3 aliphatic rings. The number of benzene rings is 2. The minimum absolute atomic E-state index is 0.0568. The molecular weight excluding hydrogens is 497 g/mol. The first-order valence-corrected chi connectivity index (χ1v) is 13.1. The van der Waals surface area contributed by atoms with Gasteiger partial charge in [-0.25, -0.2) is 4.79 Å². The molecule has 2 atom stereocenters. The molecule has 3 fully saturated rings. The van der Waals surface area contributed by atoms with Gasteiger partial charge < -0.3 is 14.1 Å². The molecule has 3 aromatic rings. The minimum atomic E-state index is -4.45. The number of nitrogens with zero attached hydrogens (tertiary/aromatic N) is 4. The fourth-order valence-electron chi connectivity index (χ4n) is 6.37. The summed E-state index contributed by atoms with van der Waals surface area (Å²) in [7, 11) is 0. The predicted molar refractivity (Wildman–Crippen MR) is 136 cm³/mol. The first kappa shape index (κ1) is 25.0. The summed E-state index contributed by atoms with van der Waals surface area (Å²) in [5.41, 5.74) is 1.28. The standard InChI is InChI=1S/C28H31F3N4O3/c1-18-13-34(25-32-23-9-8-21(28(29,30)31)10-24(23)38-25)14-19(2)35(18)26(36)37-22-11-27(12-22)16-33(17-27)15-20-6-4-3-5-7-20/h3-10,18-19,22H,11-17H2,1-2H3/t18-,19+. The van der Waals surface area contributed by atoms with Gasteiger partial charge in [-0.15, -0.1) is 0 Å². The number of oxazole rings is 1. The van der Waals surface area contributed by atoms with Gasteiger partial charge in [-0.3, -0.25) is 9.80 Å². The Hall–Kier alpha value is -3.27. The molecule has 2 saturated heterocycles. The van der Waals surface area contributed by atoms with Gasteiger partial charge in [0.2, 0.25) is 0 Å². The van der Waals surface area contributed by atoms with Crippen LogP contribution < -0.4 is 4.90 Å². The van der Waals surface area contributed by atoms with Gasteiger partial charge in [-0.1, -0.05) is 30.3 Å². The molecular formula is C28H31F3N4O3. The second kappa shape index (κ2) is 9.18. The van der Waals surface area contributed by atoms with Crippen molar-refractivity contribution in [3.63, 3.8) is 0 Å². The molecule has 0 unspecified atom stereocenters. The Labute approximate surface area is 219 Å². The maximum atomic E-state index is 13.1. The number of alkyl halides is 3.